The highest BCUT2D eigenvalue weighted by molar-refractivity contribution is 5.75. The maximum absolute atomic E-state index is 10.6. The number of aldehydes is 1. The van der Waals surface area contributed by atoms with E-state index in [1.54, 1.807) is 6.07 Å². The van der Waals surface area contributed by atoms with Gasteiger partial charge in [-0.3, -0.25) is 4.79 Å². The monoisotopic (exact) mass is 192 g/mol. The Kier molecular flexibility index (Phi) is 2.61. The summed E-state index contributed by atoms with van der Waals surface area (Å²) in [6.45, 7) is 3.19. The van der Waals surface area contributed by atoms with Gasteiger partial charge in [0.05, 0.1) is 13.2 Å². The zero-order chi connectivity index (χ0) is 9.97. The molecule has 1 saturated heterocycles. The minimum atomic E-state index is -0.298. The topological polar surface area (TPSA) is 35.5 Å². The summed E-state index contributed by atoms with van der Waals surface area (Å²) in [6.07, 6.45) is 0.541. The summed E-state index contributed by atoms with van der Waals surface area (Å²) >= 11 is 0. The molecule has 1 aromatic rings. The molecule has 3 nitrogen and oxygen atoms in total. The summed E-state index contributed by atoms with van der Waals surface area (Å²) in [4.78, 5) is 10.6. The second kappa shape index (κ2) is 3.90. The van der Waals surface area contributed by atoms with Gasteiger partial charge in [0.25, 0.3) is 0 Å². The van der Waals surface area contributed by atoms with Gasteiger partial charge in [0.2, 0.25) is 0 Å². The number of rotatable bonds is 2. The summed E-state index contributed by atoms with van der Waals surface area (Å²) in [5.74, 6) is 0. The molecule has 1 aromatic carbocycles. The van der Waals surface area contributed by atoms with Gasteiger partial charge in [-0.25, -0.2) is 0 Å². The largest absolute Gasteiger partial charge is 0.346 e. The Hall–Kier alpha value is -1.19. The molecular weight excluding hydrogens is 180 g/mol. The lowest BCUT2D eigenvalue weighted by molar-refractivity contribution is -0.0441. The third-order valence-electron chi connectivity index (χ3n) is 2.15. The molecule has 0 amide bonds. The first-order valence-corrected chi connectivity index (χ1v) is 4.59. The quantitative estimate of drug-likeness (QED) is 0.671. The van der Waals surface area contributed by atoms with Crippen LogP contribution in [0.2, 0.25) is 0 Å². The minimum Gasteiger partial charge on any atom is -0.346 e. The molecule has 74 valence electrons. The van der Waals surface area contributed by atoms with E-state index in [9.17, 15) is 4.79 Å². The van der Waals surface area contributed by atoms with Crippen LogP contribution in [0.15, 0.2) is 18.2 Å². The summed E-state index contributed by atoms with van der Waals surface area (Å²) in [5, 5.41) is 0. The fraction of sp³-hybridized carbons (Fsp3) is 0.364. The van der Waals surface area contributed by atoms with Crippen LogP contribution in [0, 0.1) is 6.92 Å². The number of aryl methyl sites for hydroxylation is 1. The zero-order valence-corrected chi connectivity index (χ0v) is 8.03. The Balaban J connectivity index is 2.31. The molecule has 0 unspecified atom stereocenters. The van der Waals surface area contributed by atoms with E-state index < -0.39 is 0 Å². The van der Waals surface area contributed by atoms with E-state index in [1.807, 2.05) is 19.1 Å². The van der Waals surface area contributed by atoms with E-state index in [0.717, 1.165) is 17.4 Å². The molecule has 14 heavy (non-hydrogen) atoms. The molecule has 0 radical (unpaired) electrons. The fourth-order valence-electron chi connectivity index (χ4n) is 1.60. The number of ether oxygens (including phenoxy) is 2. The number of hydrogen-bond acceptors (Lipinski definition) is 3. The van der Waals surface area contributed by atoms with Crippen LogP contribution in [-0.4, -0.2) is 19.5 Å². The van der Waals surface area contributed by atoms with E-state index in [4.69, 9.17) is 9.47 Å². The van der Waals surface area contributed by atoms with Crippen molar-refractivity contribution in [1.29, 1.82) is 0 Å². The summed E-state index contributed by atoms with van der Waals surface area (Å²) in [5.41, 5.74) is 2.63. The van der Waals surface area contributed by atoms with Gasteiger partial charge in [0.1, 0.15) is 6.29 Å². The second-order valence-corrected chi connectivity index (χ2v) is 3.37. The van der Waals surface area contributed by atoms with Crippen molar-refractivity contribution in [2.75, 3.05) is 13.2 Å². The van der Waals surface area contributed by atoms with Crippen LogP contribution in [0.3, 0.4) is 0 Å². The van der Waals surface area contributed by atoms with Crippen molar-refractivity contribution in [2.24, 2.45) is 0 Å². The van der Waals surface area contributed by atoms with Gasteiger partial charge in [-0.05, 0) is 24.6 Å². The lowest BCUT2D eigenvalue weighted by Gasteiger charge is -2.10. The number of carbonyl (C=O) groups is 1. The predicted molar refractivity (Wildman–Crippen MR) is 51.2 cm³/mol. The van der Waals surface area contributed by atoms with Crippen LogP contribution in [-0.2, 0) is 9.47 Å². The molecule has 0 saturated carbocycles. The maximum atomic E-state index is 10.6. The van der Waals surface area contributed by atoms with E-state index in [-0.39, 0.29) is 6.29 Å². The molecule has 3 heteroatoms. The molecule has 0 spiro atoms. The summed E-state index contributed by atoms with van der Waals surface area (Å²) in [7, 11) is 0. The maximum Gasteiger partial charge on any atom is 0.184 e. The molecule has 0 bridgehead atoms. The van der Waals surface area contributed by atoms with Crippen molar-refractivity contribution in [1.82, 2.24) is 0 Å². The van der Waals surface area contributed by atoms with Crippen molar-refractivity contribution in [3.8, 4) is 0 Å². The highest BCUT2D eigenvalue weighted by Gasteiger charge is 2.18. The first-order chi connectivity index (χ1) is 6.79. The Bertz CT molecular complexity index is 340. The van der Waals surface area contributed by atoms with Crippen LogP contribution in [0.4, 0.5) is 0 Å². The van der Waals surface area contributed by atoms with Crippen molar-refractivity contribution >= 4 is 6.29 Å². The first kappa shape index (κ1) is 9.37. The van der Waals surface area contributed by atoms with E-state index in [0.29, 0.717) is 18.8 Å². The molecular formula is C11H12O3. The standard InChI is InChI=1S/C11H12O3/c1-8-4-9(7-12)6-10(5-8)11-13-2-3-14-11/h4-7,11H,2-3H2,1H3. The molecule has 0 atom stereocenters. The van der Waals surface area contributed by atoms with Crippen molar-refractivity contribution in [3.05, 3.63) is 34.9 Å². The molecule has 0 aromatic heterocycles. The van der Waals surface area contributed by atoms with Crippen LogP contribution in [0.25, 0.3) is 0 Å². The van der Waals surface area contributed by atoms with Gasteiger partial charge in [-0.1, -0.05) is 6.07 Å². The van der Waals surface area contributed by atoms with Gasteiger partial charge in [-0.15, -0.1) is 0 Å². The number of benzene rings is 1. The van der Waals surface area contributed by atoms with Gasteiger partial charge in [0.15, 0.2) is 6.29 Å². The van der Waals surface area contributed by atoms with Crippen LogP contribution in [0.5, 0.6) is 0 Å². The third kappa shape index (κ3) is 1.84. The second-order valence-electron chi connectivity index (χ2n) is 3.37. The van der Waals surface area contributed by atoms with Crippen LogP contribution in [0.1, 0.15) is 27.8 Å². The molecule has 2 rings (SSSR count). The fourth-order valence-corrected chi connectivity index (χ4v) is 1.60. The minimum absolute atomic E-state index is 0.298. The summed E-state index contributed by atoms with van der Waals surface area (Å²) < 4.78 is 10.7. The Morgan fingerprint density at radius 1 is 1.29 bits per heavy atom. The molecule has 1 heterocycles. The molecule has 0 aliphatic carbocycles. The van der Waals surface area contributed by atoms with Gasteiger partial charge < -0.3 is 9.47 Å². The average molecular weight is 192 g/mol. The highest BCUT2D eigenvalue weighted by atomic mass is 16.7. The Labute approximate surface area is 82.6 Å². The predicted octanol–water partition coefficient (Wildman–Crippen LogP) is 1.85. The van der Waals surface area contributed by atoms with Crippen molar-refractivity contribution in [3.63, 3.8) is 0 Å². The van der Waals surface area contributed by atoms with Gasteiger partial charge >= 0.3 is 0 Å². The number of carbonyl (C=O) groups excluding carboxylic acids is 1. The summed E-state index contributed by atoms with van der Waals surface area (Å²) in [6, 6.07) is 5.62. The normalized spacial score (nSPS) is 17.2. The molecule has 0 N–H and O–H groups in total. The van der Waals surface area contributed by atoms with Crippen molar-refractivity contribution in [2.45, 2.75) is 13.2 Å². The highest BCUT2D eigenvalue weighted by Crippen LogP contribution is 2.24. The van der Waals surface area contributed by atoms with E-state index in [1.165, 1.54) is 0 Å². The lowest BCUT2D eigenvalue weighted by atomic mass is 10.1. The van der Waals surface area contributed by atoms with Crippen LogP contribution >= 0.6 is 0 Å². The lowest BCUT2D eigenvalue weighted by Crippen LogP contribution is -1.99. The third-order valence-corrected chi connectivity index (χ3v) is 2.15. The average Bonchev–Trinajstić information content (AvgIpc) is 2.69. The van der Waals surface area contributed by atoms with E-state index in [2.05, 4.69) is 0 Å². The number of hydrogen-bond donors (Lipinski definition) is 0. The van der Waals surface area contributed by atoms with Crippen molar-refractivity contribution < 1.29 is 14.3 Å². The van der Waals surface area contributed by atoms with Crippen LogP contribution < -0.4 is 0 Å². The first-order valence-electron chi connectivity index (χ1n) is 4.59. The van der Waals surface area contributed by atoms with E-state index >= 15 is 0 Å². The Morgan fingerprint density at radius 2 is 2.00 bits per heavy atom. The SMILES string of the molecule is Cc1cc(C=O)cc(C2OCCO2)c1. The zero-order valence-electron chi connectivity index (χ0n) is 8.03. The molecule has 1 aliphatic rings. The van der Waals surface area contributed by atoms with Gasteiger partial charge in [0, 0.05) is 11.1 Å². The smallest absolute Gasteiger partial charge is 0.184 e. The van der Waals surface area contributed by atoms with Gasteiger partial charge in [-0.2, -0.15) is 0 Å². The molecule has 1 aliphatic heterocycles. The molecule has 1 fully saturated rings. The Morgan fingerprint density at radius 3 is 2.64 bits per heavy atom.